The highest BCUT2D eigenvalue weighted by Crippen LogP contribution is 2.32. The molecule has 0 saturated heterocycles. The first-order chi connectivity index (χ1) is 13.5. The second-order valence-corrected chi connectivity index (χ2v) is 9.23. The number of amides is 1. The largest absolute Gasteiger partial charge is 0.370 e. The van der Waals surface area contributed by atoms with Crippen molar-refractivity contribution >= 4 is 43.8 Å². The van der Waals surface area contributed by atoms with Gasteiger partial charge in [0.25, 0.3) is 5.91 Å². The van der Waals surface area contributed by atoms with Crippen LogP contribution in [0.5, 0.6) is 0 Å². The molecule has 28 heavy (non-hydrogen) atoms. The van der Waals surface area contributed by atoms with Gasteiger partial charge in [0.2, 0.25) is 0 Å². The fraction of sp³-hybridized carbons (Fsp3) is 0.318. The molecule has 0 aliphatic rings. The summed E-state index contributed by atoms with van der Waals surface area (Å²) in [6.45, 7) is 6.40. The Morgan fingerprint density at radius 2 is 1.86 bits per heavy atom. The van der Waals surface area contributed by atoms with E-state index in [0.717, 1.165) is 28.7 Å². The molecule has 0 fully saturated rings. The van der Waals surface area contributed by atoms with Crippen molar-refractivity contribution in [2.45, 2.75) is 19.6 Å². The SMILES string of the molecule is CCN(CCNC(=O)c1sc2ccccc2c1C[S@@](C)=O)c1ccccc1C. The molecule has 0 aliphatic carbocycles. The summed E-state index contributed by atoms with van der Waals surface area (Å²) in [7, 11) is -1.00. The quantitative estimate of drug-likeness (QED) is 0.596. The monoisotopic (exact) mass is 414 g/mol. The zero-order valence-electron chi connectivity index (χ0n) is 16.5. The molecule has 0 spiro atoms. The third-order valence-corrected chi connectivity index (χ3v) is 6.66. The van der Waals surface area contributed by atoms with Crippen LogP contribution in [0.2, 0.25) is 0 Å². The van der Waals surface area contributed by atoms with Gasteiger partial charge in [-0.2, -0.15) is 0 Å². The summed E-state index contributed by atoms with van der Waals surface area (Å²) in [5.74, 6) is 0.319. The number of nitrogens with zero attached hydrogens (tertiary/aromatic N) is 1. The molecule has 6 heteroatoms. The molecule has 1 N–H and O–H groups in total. The Morgan fingerprint density at radius 3 is 2.57 bits per heavy atom. The maximum absolute atomic E-state index is 12.9. The van der Waals surface area contributed by atoms with Gasteiger partial charge in [-0.3, -0.25) is 9.00 Å². The van der Waals surface area contributed by atoms with E-state index in [0.29, 0.717) is 17.2 Å². The summed E-state index contributed by atoms with van der Waals surface area (Å²) in [5.41, 5.74) is 3.32. The fourth-order valence-corrected chi connectivity index (χ4v) is 5.32. The molecule has 0 saturated carbocycles. The molecular formula is C22H26N2O2S2. The third-order valence-electron chi connectivity index (χ3n) is 4.76. The highest BCUT2D eigenvalue weighted by atomic mass is 32.2. The average Bonchev–Trinajstić information content (AvgIpc) is 3.04. The van der Waals surface area contributed by atoms with Gasteiger partial charge in [-0.25, -0.2) is 0 Å². The Kier molecular flexibility index (Phi) is 6.86. The number of aryl methyl sites for hydroxylation is 1. The number of nitrogens with one attached hydrogen (secondary N) is 1. The van der Waals surface area contributed by atoms with Gasteiger partial charge in [0.15, 0.2) is 0 Å². The number of likely N-dealkylation sites (N-methyl/N-ethyl adjacent to an activating group) is 1. The average molecular weight is 415 g/mol. The van der Waals surface area contributed by atoms with Gasteiger partial charge in [0.05, 0.1) is 10.6 Å². The van der Waals surface area contributed by atoms with Crippen molar-refractivity contribution in [1.82, 2.24) is 5.32 Å². The topological polar surface area (TPSA) is 49.4 Å². The number of para-hydroxylation sites is 1. The molecule has 1 amide bonds. The number of hydrogen-bond acceptors (Lipinski definition) is 4. The summed E-state index contributed by atoms with van der Waals surface area (Å²) in [4.78, 5) is 15.8. The number of fused-ring (bicyclic) bond motifs is 1. The van der Waals surface area contributed by atoms with Gasteiger partial charge < -0.3 is 10.2 Å². The molecule has 0 aliphatic heterocycles. The highest BCUT2D eigenvalue weighted by Gasteiger charge is 2.19. The first-order valence-electron chi connectivity index (χ1n) is 9.40. The normalized spacial score (nSPS) is 12.1. The van der Waals surface area contributed by atoms with Crippen molar-refractivity contribution in [1.29, 1.82) is 0 Å². The van der Waals surface area contributed by atoms with Crippen LogP contribution in [-0.2, 0) is 16.6 Å². The molecule has 1 aromatic heterocycles. The van der Waals surface area contributed by atoms with Crippen molar-refractivity contribution < 1.29 is 9.00 Å². The van der Waals surface area contributed by atoms with E-state index in [2.05, 4.69) is 36.2 Å². The van der Waals surface area contributed by atoms with Crippen LogP contribution in [0, 0.1) is 6.92 Å². The minimum atomic E-state index is -1.00. The van der Waals surface area contributed by atoms with Crippen LogP contribution in [-0.4, -0.2) is 36.0 Å². The highest BCUT2D eigenvalue weighted by molar-refractivity contribution is 7.83. The zero-order valence-corrected chi connectivity index (χ0v) is 18.2. The Labute approximate surface area is 173 Å². The molecular weight excluding hydrogens is 388 g/mol. The first kappa shape index (κ1) is 20.6. The lowest BCUT2D eigenvalue weighted by molar-refractivity contribution is 0.0958. The predicted octanol–water partition coefficient (Wildman–Crippen LogP) is 4.34. The minimum Gasteiger partial charge on any atom is -0.370 e. The summed E-state index contributed by atoms with van der Waals surface area (Å²) >= 11 is 1.48. The second kappa shape index (κ2) is 9.34. The number of thiophene rings is 1. The molecule has 0 bridgehead atoms. The number of anilines is 1. The molecule has 1 heterocycles. The van der Waals surface area contributed by atoms with E-state index in [1.54, 1.807) is 6.26 Å². The van der Waals surface area contributed by atoms with Crippen LogP contribution in [0.3, 0.4) is 0 Å². The van der Waals surface area contributed by atoms with Crippen LogP contribution in [0.15, 0.2) is 48.5 Å². The zero-order chi connectivity index (χ0) is 20.1. The molecule has 2 aromatic carbocycles. The van der Waals surface area contributed by atoms with Crippen molar-refractivity contribution in [3.05, 3.63) is 64.5 Å². The van der Waals surface area contributed by atoms with E-state index >= 15 is 0 Å². The Hall–Kier alpha value is -2.18. The van der Waals surface area contributed by atoms with E-state index in [4.69, 9.17) is 0 Å². The van der Waals surface area contributed by atoms with Crippen LogP contribution in [0.1, 0.15) is 27.7 Å². The van der Waals surface area contributed by atoms with Gasteiger partial charge in [0.1, 0.15) is 0 Å². The smallest absolute Gasteiger partial charge is 0.261 e. The lowest BCUT2D eigenvalue weighted by atomic mass is 10.1. The van der Waals surface area contributed by atoms with Crippen LogP contribution < -0.4 is 10.2 Å². The summed E-state index contributed by atoms with van der Waals surface area (Å²) in [6.07, 6.45) is 1.68. The van der Waals surface area contributed by atoms with Gasteiger partial charge in [-0.15, -0.1) is 11.3 Å². The van der Waals surface area contributed by atoms with E-state index in [-0.39, 0.29) is 5.91 Å². The first-order valence-corrected chi connectivity index (χ1v) is 11.9. The van der Waals surface area contributed by atoms with Crippen LogP contribution in [0.25, 0.3) is 10.1 Å². The van der Waals surface area contributed by atoms with Gasteiger partial charge >= 0.3 is 0 Å². The number of hydrogen-bond donors (Lipinski definition) is 1. The lowest BCUT2D eigenvalue weighted by Gasteiger charge is -2.25. The molecule has 0 radical (unpaired) electrons. The van der Waals surface area contributed by atoms with Gasteiger partial charge in [-0.1, -0.05) is 36.4 Å². The van der Waals surface area contributed by atoms with Gasteiger partial charge in [0, 0.05) is 47.1 Å². The number of carbonyl (C=O) groups excluding carboxylic acids is 1. The van der Waals surface area contributed by atoms with Crippen LogP contribution >= 0.6 is 11.3 Å². The molecule has 3 rings (SSSR count). The van der Waals surface area contributed by atoms with Crippen molar-refractivity contribution in [3.63, 3.8) is 0 Å². The predicted molar refractivity (Wildman–Crippen MR) is 121 cm³/mol. The Balaban J connectivity index is 1.73. The van der Waals surface area contributed by atoms with Crippen molar-refractivity contribution in [3.8, 4) is 0 Å². The summed E-state index contributed by atoms with van der Waals surface area (Å²) < 4.78 is 12.9. The van der Waals surface area contributed by atoms with Gasteiger partial charge in [-0.05, 0) is 42.5 Å². The summed E-state index contributed by atoms with van der Waals surface area (Å²) in [5, 5.41) is 4.09. The Morgan fingerprint density at radius 1 is 1.14 bits per heavy atom. The molecule has 148 valence electrons. The van der Waals surface area contributed by atoms with E-state index in [1.807, 2.05) is 36.4 Å². The number of carbonyl (C=O) groups is 1. The van der Waals surface area contributed by atoms with Crippen molar-refractivity contribution in [2.24, 2.45) is 0 Å². The van der Waals surface area contributed by atoms with E-state index in [1.165, 1.54) is 22.6 Å². The number of rotatable bonds is 8. The molecule has 0 unspecified atom stereocenters. The maximum atomic E-state index is 12.9. The minimum absolute atomic E-state index is 0.0810. The molecule has 4 nitrogen and oxygen atoms in total. The third kappa shape index (κ3) is 4.62. The maximum Gasteiger partial charge on any atom is 0.261 e. The van der Waals surface area contributed by atoms with Crippen LogP contribution in [0.4, 0.5) is 5.69 Å². The van der Waals surface area contributed by atoms with E-state index < -0.39 is 10.8 Å². The standard InChI is InChI=1S/C22H26N2O2S2/c1-4-24(19-11-7-5-9-16(19)2)14-13-23-22(25)21-18(15-28(3)26)17-10-6-8-12-20(17)27-21/h5-12H,4,13-15H2,1-3H3,(H,23,25)/t28-/m1/s1. The van der Waals surface area contributed by atoms with Crippen molar-refractivity contribution in [2.75, 3.05) is 30.8 Å². The number of benzene rings is 2. The molecule has 3 aromatic rings. The molecule has 1 atom stereocenters. The fourth-order valence-electron chi connectivity index (χ4n) is 3.38. The Bertz CT molecular complexity index is 997. The van der Waals surface area contributed by atoms with E-state index in [9.17, 15) is 9.00 Å². The summed E-state index contributed by atoms with van der Waals surface area (Å²) in [6, 6.07) is 16.2. The lowest BCUT2D eigenvalue weighted by Crippen LogP contribution is -2.35. The second-order valence-electron chi connectivity index (χ2n) is 6.75.